The summed E-state index contributed by atoms with van der Waals surface area (Å²) in [5, 5.41) is 13.9. The maximum Gasteiger partial charge on any atom is 0.268 e. The van der Waals surface area contributed by atoms with Crippen LogP contribution in [-0.2, 0) is 18.4 Å². The van der Waals surface area contributed by atoms with E-state index in [9.17, 15) is 19.4 Å². The Balaban J connectivity index is 4.02. The second kappa shape index (κ2) is 43.7. The minimum Gasteiger partial charge on any atom is -0.756 e. The summed E-state index contributed by atoms with van der Waals surface area (Å²) in [5.41, 5.74) is 0. The van der Waals surface area contributed by atoms with Crippen molar-refractivity contribution in [1.29, 1.82) is 0 Å². The molecule has 360 valence electrons. The molecule has 0 aliphatic rings. The molecule has 2 N–H and O–H groups in total. The monoisotopic (exact) mass is 873 g/mol. The van der Waals surface area contributed by atoms with Gasteiger partial charge in [-0.15, -0.1) is 0 Å². The lowest BCUT2D eigenvalue weighted by Crippen LogP contribution is -2.46. The molecule has 0 aliphatic heterocycles. The van der Waals surface area contributed by atoms with Crippen LogP contribution in [0.4, 0.5) is 0 Å². The molecule has 0 fully saturated rings. The molecule has 1 unspecified atom stereocenters. The molecule has 8 nitrogen and oxygen atoms in total. The molecule has 0 bridgehead atoms. The minimum atomic E-state index is -4.56. The van der Waals surface area contributed by atoms with Crippen LogP contribution in [0, 0.1) is 0 Å². The van der Waals surface area contributed by atoms with E-state index in [-0.39, 0.29) is 19.1 Å². The summed E-state index contributed by atoms with van der Waals surface area (Å²) in [6.07, 6.45) is 49.9. The summed E-state index contributed by atoms with van der Waals surface area (Å²) in [6.45, 7) is 4.74. The first-order chi connectivity index (χ1) is 29.0. The fraction of sp³-hybridized carbons (Fsp3) is 0.980. The van der Waals surface area contributed by atoms with Crippen LogP contribution in [0.5, 0.6) is 0 Å². The van der Waals surface area contributed by atoms with Gasteiger partial charge in [-0.2, -0.15) is 0 Å². The van der Waals surface area contributed by atoms with Crippen LogP contribution in [0.25, 0.3) is 0 Å². The van der Waals surface area contributed by atoms with E-state index in [0.29, 0.717) is 23.9 Å². The van der Waals surface area contributed by atoms with Crippen LogP contribution in [0.1, 0.15) is 271 Å². The Morgan fingerprint density at radius 2 is 0.817 bits per heavy atom. The number of nitrogens with one attached hydrogen (secondary N) is 1. The third kappa shape index (κ3) is 45.5. The van der Waals surface area contributed by atoms with Crippen molar-refractivity contribution in [1.82, 2.24) is 5.32 Å². The number of nitrogens with zero attached hydrogens (tertiary/aromatic N) is 1. The highest BCUT2D eigenvalue weighted by Gasteiger charge is 2.24. The molecular formula is C51H105N2O6P. The molecule has 0 aromatic carbocycles. The van der Waals surface area contributed by atoms with Crippen LogP contribution in [0.2, 0.25) is 0 Å². The highest BCUT2D eigenvalue weighted by molar-refractivity contribution is 7.45. The predicted octanol–water partition coefficient (Wildman–Crippen LogP) is 14.7. The number of hydrogen-bond acceptors (Lipinski definition) is 6. The highest BCUT2D eigenvalue weighted by Crippen LogP contribution is 2.38. The molecule has 0 aliphatic carbocycles. The zero-order valence-corrected chi connectivity index (χ0v) is 41.8. The van der Waals surface area contributed by atoms with Gasteiger partial charge in [0.05, 0.1) is 39.9 Å². The summed E-state index contributed by atoms with van der Waals surface area (Å²) >= 11 is 0. The van der Waals surface area contributed by atoms with Crippen molar-refractivity contribution in [2.24, 2.45) is 0 Å². The fourth-order valence-corrected chi connectivity index (χ4v) is 8.88. The van der Waals surface area contributed by atoms with E-state index in [2.05, 4.69) is 19.2 Å². The predicted molar refractivity (Wildman–Crippen MR) is 256 cm³/mol. The van der Waals surface area contributed by atoms with Gasteiger partial charge in [-0.25, -0.2) is 0 Å². The van der Waals surface area contributed by atoms with Crippen molar-refractivity contribution in [2.75, 3.05) is 40.9 Å². The van der Waals surface area contributed by atoms with Crippen LogP contribution in [0.15, 0.2) is 0 Å². The molecule has 0 aromatic heterocycles. The number of carbonyl (C=O) groups is 1. The summed E-state index contributed by atoms with van der Waals surface area (Å²) < 4.78 is 23.3. The van der Waals surface area contributed by atoms with Crippen LogP contribution in [-0.4, -0.2) is 68.5 Å². The molecule has 0 spiro atoms. The molecule has 60 heavy (non-hydrogen) atoms. The average Bonchev–Trinajstić information content (AvgIpc) is 3.20. The van der Waals surface area contributed by atoms with E-state index >= 15 is 0 Å². The van der Waals surface area contributed by atoms with Gasteiger partial charge in [-0.05, 0) is 12.8 Å². The lowest BCUT2D eigenvalue weighted by atomic mass is 10.0. The summed E-state index contributed by atoms with van der Waals surface area (Å²) in [7, 11) is 1.32. The zero-order chi connectivity index (χ0) is 44.3. The van der Waals surface area contributed by atoms with E-state index < -0.39 is 20.0 Å². The number of amides is 1. The van der Waals surface area contributed by atoms with Gasteiger partial charge in [0.15, 0.2) is 0 Å². The summed E-state index contributed by atoms with van der Waals surface area (Å²) in [4.78, 5) is 25.4. The van der Waals surface area contributed by atoms with Gasteiger partial charge >= 0.3 is 0 Å². The lowest BCUT2D eigenvalue weighted by molar-refractivity contribution is -0.870. The van der Waals surface area contributed by atoms with Crippen molar-refractivity contribution >= 4 is 13.7 Å². The molecule has 0 radical (unpaired) electrons. The second-order valence-electron chi connectivity index (χ2n) is 19.6. The minimum absolute atomic E-state index is 0.0161. The fourth-order valence-electron chi connectivity index (χ4n) is 8.16. The molecule has 0 saturated carbocycles. The van der Waals surface area contributed by atoms with Gasteiger partial charge < -0.3 is 28.8 Å². The zero-order valence-electron chi connectivity index (χ0n) is 40.9. The standard InChI is InChI=1S/C51H105N2O6P/c1-6-8-10-12-14-16-18-19-20-21-22-23-24-25-26-27-28-29-30-31-32-33-35-37-39-41-43-45-51(55)52-49(48-59-60(56,57)58-47-46-53(3,4)5)50(54)44-42-40-38-36-34-17-15-13-11-9-7-2/h49-50,54H,6-48H2,1-5H3,(H-,52,55,56,57)/t49-,50+/m0/s1. The molecule has 9 heteroatoms. The van der Waals surface area contributed by atoms with E-state index in [1.807, 2.05) is 21.1 Å². The SMILES string of the molecule is CCCCCCCCCCCCCCCCCCCCCCCCCCCCCC(=O)N[C@@H](COP(=O)([O-])OCC[N+](C)(C)C)[C@H](O)CCCCCCCCCCCCC. The van der Waals surface area contributed by atoms with Gasteiger partial charge in [0.2, 0.25) is 5.91 Å². The third-order valence-corrected chi connectivity index (χ3v) is 13.3. The number of unbranched alkanes of at least 4 members (excludes halogenated alkanes) is 36. The third-order valence-electron chi connectivity index (χ3n) is 12.3. The maximum atomic E-state index is 12.9. The molecule has 0 heterocycles. The van der Waals surface area contributed by atoms with Gasteiger partial charge in [-0.3, -0.25) is 9.36 Å². The Labute approximate surface area is 374 Å². The summed E-state index contributed by atoms with van der Waals surface area (Å²) in [6, 6.07) is -0.793. The Morgan fingerprint density at radius 3 is 1.13 bits per heavy atom. The van der Waals surface area contributed by atoms with Gasteiger partial charge in [-0.1, -0.05) is 251 Å². The molecule has 0 aromatic rings. The van der Waals surface area contributed by atoms with Crippen molar-refractivity contribution < 1.29 is 32.9 Å². The number of carbonyl (C=O) groups excluding carboxylic acids is 1. The number of hydrogen-bond donors (Lipinski definition) is 2. The Morgan fingerprint density at radius 1 is 0.517 bits per heavy atom. The molecule has 0 saturated heterocycles. The first-order valence-electron chi connectivity index (χ1n) is 26.4. The van der Waals surface area contributed by atoms with Crippen molar-refractivity contribution in [2.45, 2.75) is 283 Å². The quantitative estimate of drug-likeness (QED) is 0.0358. The van der Waals surface area contributed by atoms with Crippen LogP contribution in [0.3, 0.4) is 0 Å². The van der Waals surface area contributed by atoms with Crippen molar-refractivity contribution in [3.05, 3.63) is 0 Å². The van der Waals surface area contributed by atoms with Crippen LogP contribution < -0.4 is 10.2 Å². The number of likely N-dealkylation sites (N-methyl/N-ethyl adjacent to an activating group) is 1. The first-order valence-corrected chi connectivity index (χ1v) is 27.8. The van der Waals surface area contributed by atoms with Crippen molar-refractivity contribution in [3.8, 4) is 0 Å². The molecule has 1 amide bonds. The van der Waals surface area contributed by atoms with Crippen LogP contribution >= 0.6 is 7.82 Å². The van der Waals surface area contributed by atoms with Gasteiger partial charge in [0, 0.05) is 6.42 Å². The second-order valence-corrected chi connectivity index (χ2v) is 21.0. The largest absolute Gasteiger partial charge is 0.756 e. The number of aliphatic hydroxyl groups is 1. The number of rotatable bonds is 49. The molecular weight excluding hydrogens is 768 g/mol. The average molecular weight is 873 g/mol. The number of phosphoric acid groups is 1. The Kier molecular flexibility index (Phi) is 43.4. The number of phosphoric ester groups is 1. The van der Waals surface area contributed by atoms with Crippen molar-refractivity contribution in [3.63, 3.8) is 0 Å². The normalized spacial score (nSPS) is 14.1. The topological polar surface area (TPSA) is 108 Å². The van der Waals surface area contributed by atoms with E-state index in [0.717, 1.165) is 38.5 Å². The number of aliphatic hydroxyl groups excluding tert-OH is 1. The van der Waals surface area contributed by atoms with E-state index in [4.69, 9.17) is 9.05 Å². The number of quaternary nitrogens is 1. The smallest absolute Gasteiger partial charge is 0.268 e. The van der Waals surface area contributed by atoms with E-state index in [1.54, 1.807) is 0 Å². The lowest BCUT2D eigenvalue weighted by Gasteiger charge is -2.30. The maximum absolute atomic E-state index is 12.9. The Hall–Kier alpha value is -0.500. The van der Waals surface area contributed by atoms with Gasteiger partial charge in [0.1, 0.15) is 13.2 Å². The molecule has 3 atom stereocenters. The highest BCUT2D eigenvalue weighted by atomic mass is 31.2. The first kappa shape index (κ1) is 59.5. The van der Waals surface area contributed by atoms with E-state index in [1.165, 1.54) is 205 Å². The van der Waals surface area contributed by atoms with Gasteiger partial charge in [0.25, 0.3) is 7.82 Å². The molecule has 0 rings (SSSR count). The summed E-state index contributed by atoms with van der Waals surface area (Å²) in [5.74, 6) is -0.159. The Bertz CT molecular complexity index is 947.